The number of hydrogen-bond donors (Lipinski definition) is 3. The highest BCUT2D eigenvalue weighted by atomic mass is 32.5. The summed E-state index contributed by atoms with van der Waals surface area (Å²) >= 11 is 4.92. The number of imidazole rings is 1. The molecule has 4 atom stereocenters. The first-order valence-electron chi connectivity index (χ1n) is 8.20. The zero-order chi connectivity index (χ0) is 19.6. The molecule has 2 aromatic rings. The second-order valence-corrected chi connectivity index (χ2v) is 8.99. The second-order valence-electron chi connectivity index (χ2n) is 6.04. The summed E-state index contributed by atoms with van der Waals surface area (Å²) in [6, 6.07) is -0.835. The summed E-state index contributed by atoms with van der Waals surface area (Å²) in [5, 5.41) is 2.47. The zero-order valence-electron chi connectivity index (χ0n) is 15.8. The number of nitrogen functional groups attached to an aromatic ring is 1. The van der Waals surface area contributed by atoms with Crippen molar-refractivity contribution in [2.75, 3.05) is 19.5 Å². The molecule has 14 heteroatoms. The second kappa shape index (κ2) is 9.18. The Kier molecular flexibility index (Phi) is 7.39. The number of anilines is 1. The van der Waals surface area contributed by atoms with E-state index >= 15 is 0 Å². The first-order chi connectivity index (χ1) is 12.8. The van der Waals surface area contributed by atoms with E-state index in [9.17, 15) is 9.69 Å². The molecule has 0 saturated carbocycles. The summed E-state index contributed by atoms with van der Waals surface area (Å²) in [6.07, 6.45) is 3.72. The van der Waals surface area contributed by atoms with Gasteiger partial charge in [0.2, 0.25) is 0 Å². The lowest BCUT2D eigenvalue weighted by Gasteiger charge is -2.32. The third kappa shape index (κ3) is 5.00. The third-order valence-corrected chi connectivity index (χ3v) is 5.94. The summed E-state index contributed by atoms with van der Waals surface area (Å²) in [7, 11) is 1.24. The summed E-state index contributed by atoms with van der Waals surface area (Å²) < 4.78 is 17.6. The van der Waals surface area contributed by atoms with E-state index in [2.05, 4.69) is 24.8 Å². The number of rotatable bonds is 7. The fraction of sp³-hybridized carbons (Fsp3) is 0.571. The minimum absolute atomic E-state index is 0. The number of ether oxygens (including phenoxy) is 2. The van der Waals surface area contributed by atoms with Gasteiger partial charge in [-0.05, 0) is 19.8 Å². The van der Waals surface area contributed by atoms with Gasteiger partial charge in [-0.1, -0.05) is 11.8 Å². The van der Waals surface area contributed by atoms with Crippen molar-refractivity contribution in [3.05, 3.63) is 12.7 Å². The van der Waals surface area contributed by atoms with Crippen LogP contribution in [-0.4, -0.2) is 51.4 Å². The maximum absolute atomic E-state index is 12.3. The first kappa shape index (κ1) is 22.6. The molecular weight excluding hydrogens is 409 g/mol. The molecule has 0 radical (unpaired) electrons. The normalized spacial score (nSPS) is 22.4. The molecule has 28 heavy (non-hydrogen) atoms. The predicted molar refractivity (Wildman–Crippen MR) is 104 cm³/mol. The van der Waals surface area contributed by atoms with E-state index in [1.807, 2.05) is 0 Å². The molecule has 1 unspecified atom stereocenters. The van der Waals surface area contributed by atoms with Crippen LogP contribution in [0, 0.1) is 0 Å². The van der Waals surface area contributed by atoms with Crippen LogP contribution in [0.15, 0.2) is 12.7 Å². The number of methoxy groups -OCH3 is 1. The monoisotopic (exact) mass is 433 g/mol. The molecule has 3 rings (SSSR count). The molecule has 0 amide bonds. The van der Waals surface area contributed by atoms with Crippen LogP contribution in [0.4, 0.5) is 5.82 Å². The molecular formula is C14H24N7O5PS. The van der Waals surface area contributed by atoms with Crippen LogP contribution in [0.3, 0.4) is 0 Å². The number of hydrogen-bond acceptors (Lipinski definition) is 10. The highest BCUT2D eigenvalue weighted by Crippen LogP contribution is 2.36. The number of nitrogens with two attached hydrogens (primary N) is 1. The summed E-state index contributed by atoms with van der Waals surface area (Å²) in [5.74, 6) is -0.274. The SMILES string of the molecule is COC(=O)[C@H](C)NP([O-])(=S)OC[C@@H]1CC[C@H](n2cnc3c(N)ncnc32)O1.[NH4+]. The smallest absolute Gasteiger partial charge is 0.322 e. The number of carbonyl (C=O) groups excluding carboxylic acids is 1. The fourth-order valence-electron chi connectivity index (χ4n) is 2.78. The van der Waals surface area contributed by atoms with E-state index < -0.39 is 18.7 Å². The molecule has 1 saturated heterocycles. The Morgan fingerprint density at radius 1 is 1.54 bits per heavy atom. The first-order valence-corrected chi connectivity index (χ1v) is 10.8. The molecule has 1 aliphatic rings. The minimum Gasteiger partial charge on any atom is -0.789 e. The number of carbonyl (C=O) groups is 1. The van der Waals surface area contributed by atoms with Crippen molar-refractivity contribution in [3.8, 4) is 0 Å². The summed E-state index contributed by atoms with van der Waals surface area (Å²) in [6.45, 7) is -2.07. The summed E-state index contributed by atoms with van der Waals surface area (Å²) in [5.41, 5.74) is 6.88. The van der Waals surface area contributed by atoms with Gasteiger partial charge >= 0.3 is 5.97 Å². The third-order valence-electron chi connectivity index (χ3n) is 4.12. The molecule has 3 heterocycles. The Bertz CT molecular complexity index is 881. The molecule has 1 aliphatic heterocycles. The molecule has 0 aliphatic carbocycles. The summed E-state index contributed by atoms with van der Waals surface area (Å²) in [4.78, 5) is 36.0. The Morgan fingerprint density at radius 2 is 2.29 bits per heavy atom. The van der Waals surface area contributed by atoms with E-state index in [0.29, 0.717) is 29.8 Å². The van der Waals surface area contributed by atoms with Crippen molar-refractivity contribution in [1.29, 1.82) is 0 Å². The van der Waals surface area contributed by atoms with Gasteiger partial charge in [0, 0.05) is 0 Å². The van der Waals surface area contributed by atoms with Crippen molar-refractivity contribution >= 4 is 41.4 Å². The number of esters is 1. The highest BCUT2D eigenvalue weighted by molar-refractivity contribution is 8.07. The van der Waals surface area contributed by atoms with Crippen LogP contribution in [-0.2, 0) is 30.6 Å². The Labute approximate surface area is 166 Å². The van der Waals surface area contributed by atoms with Crippen LogP contribution < -0.4 is 21.9 Å². The van der Waals surface area contributed by atoms with Gasteiger partial charge in [-0.15, -0.1) is 0 Å². The van der Waals surface area contributed by atoms with Gasteiger partial charge in [0.25, 0.3) is 0 Å². The maximum atomic E-state index is 12.3. The average molecular weight is 433 g/mol. The van der Waals surface area contributed by atoms with Gasteiger partial charge in [-0.2, -0.15) is 0 Å². The van der Waals surface area contributed by atoms with E-state index in [1.54, 1.807) is 10.9 Å². The van der Waals surface area contributed by atoms with E-state index in [0.717, 1.165) is 0 Å². The van der Waals surface area contributed by atoms with E-state index in [1.165, 1.54) is 20.4 Å². The molecule has 2 aromatic heterocycles. The van der Waals surface area contributed by atoms with Gasteiger partial charge in [-0.3, -0.25) is 14.4 Å². The molecule has 0 aromatic carbocycles. The minimum atomic E-state index is -3.60. The molecule has 0 bridgehead atoms. The lowest BCUT2D eigenvalue weighted by Crippen LogP contribution is -2.36. The van der Waals surface area contributed by atoms with Crippen LogP contribution in [0.5, 0.6) is 0 Å². The lowest BCUT2D eigenvalue weighted by molar-refractivity contribution is -0.189. The highest BCUT2D eigenvalue weighted by Gasteiger charge is 2.29. The van der Waals surface area contributed by atoms with Crippen LogP contribution >= 0.6 is 6.64 Å². The van der Waals surface area contributed by atoms with Gasteiger partial charge < -0.3 is 30.8 Å². The van der Waals surface area contributed by atoms with Gasteiger partial charge in [0.1, 0.15) is 24.1 Å². The Balaban J connectivity index is 0.00000280. The number of quaternary nitrogens is 1. The van der Waals surface area contributed by atoms with Crippen LogP contribution in [0.25, 0.3) is 11.2 Å². The Hall–Kier alpha value is -1.73. The van der Waals surface area contributed by atoms with E-state index in [-0.39, 0.29) is 25.1 Å². The topological polar surface area (TPSA) is 186 Å². The standard InChI is InChI=1S/C14H21N6O5PS.H3N/c1-8(14(21)23-2)19-26(22,27)24-5-9-3-4-10(25-9)20-7-18-11-12(15)16-6-17-13(11)20;/h6-10H,3-5H2,1-2H3,(H2,15,16,17)(H2,19,22,27);1H3/t8-,9-,10+,26?;/m0./s1. The molecule has 12 nitrogen and oxygen atoms in total. The van der Waals surface area contributed by atoms with Crippen LogP contribution in [0.1, 0.15) is 26.0 Å². The number of nitrogens with zero attached hydrogens (tertiary/aromatic N) is 4. The number of fused-ring (bicyclic) bond motifs is 1. The zero-order valence-corrected chi connectivity index (χ0v) is 17.5. The van der Waals surface area contributed by atoms with Crippen molar-refractivity contribution in [2.45, 2.75) is 38.1 Å². The lowest BCUT2D eigenvalue weighted by atomic mass is 10.2. The van der Waals surface area contributed by atoms with Crippen molar-refractivity contribution in [2.24, 2.45) is 0 Å². The van der Waals surface area contributed by atoms with Crippen LogP contribution in [0.2, 0.25) is 0 Å². The molecule has 1 fully saturated rings. The average Bonchev–Trinajstić information content (AvgIpc) is 3.26. The molecule has 0 spiro atoms. The molecule has 156 valence electrons. The van der Waals surface area contributed by atoms with Crippen molar-refractivity contribution in [1.82, 2.24) is 30.8 Å². The van der Waals surface area contributed by atoms with Gasteiger partial charge in [-0.25, -0.2) is 15.0 Å². The maximum Gasteiger partial charge on any atom is 0.322 e. The number of nitrogens with one attached hydrogen (secondary N) is 1. The predicted octanol–water partition coefficient (Wildman–Crippen LogP) is 0.215. The largest absolute Gasteiger partial charge is 0.789 e. The quantitative estimate of drug-likeness (QED) is 0.400. The fourth-order valence-corrected chi connectivity index (χ4v) is 4.45. The van der Waals surface area contributed by atoms with Gasteiger partial charge in [0.15, 0.2) is 11.5 Å². The van der Waals surface area contributed by atoms with Gasteiger partial charge in [0.05, 0.1) is 32.8 Å². The number of aromatic nitrogens is 4. The Morgan fingerprint density at radius 3 is 3.00 bits per heavy atom. The van der Waals surface area contributed by atoms with Crippen molar-refractivity contribution in [3.63, 3.8) is 0 Å². The molecule has 7 N–H and O–H groups in total. The van der Waals surface area contributed by atoms with Crippen molar-refractivity contribution < 1.29 is 23.7 Å². The van der Waals surface area contributed by atoms with E-state index in [4.69, 9.17) is 26.8 Å².